The van der Waals surface area contributed by atoms with E-state index in [0.29, 0.717) is 19.4 Å². The molecular weight excluding hydrogens is 608 g/mol. The van der Waals surface area contributed by atoms with Crippen LogP contribution in [0.3, 0.4) is 0 Å². The van der Waals surface area contributed by atoms with Gasteiger partial charge in [0.15, 0.2) is 0 Å². The van der Waals surface area contributed by atoms with Gasteiger partial charge in [0.05, 0.1) is 30.1 Å². The van der Waals surface area contributed by atoms with E-state index in [9.17, 15) is 23.1 Å². The number of nitrogens with zero attached hydrogens (tertiary/aromatic N) is 1. The number of aliphatic hydroxyl groups is 2. The van der Waals surface area contributed by atoms with Crippen molar-refractivity contribution in [3.8, 4) is 16.9 Å². The van der Waals surface area contributed by atoms with Crippen LogP contribution in [-0.2, 0) is 21.2 Å². The van der Waals surface area contributed by atoms with Crippen LogP contribution in [0.1, 0.15) is 75.0 Å². The standard InChI is InChI=1S/C35H46N2O8S/c1-25(2)44-32-23-29(18-19-30(32)33(40)36-46(42,43)22-10-21-38)27-16-14-26(15-17-27)11-9-20-37(34(41)45-35(3,4)5)24-31(39)28-12-7-6-8-13-28/h6-8,12-19,23,25,31,38-39H,9-11,20-22,24H2,1-5H3,(H,36,40)/t31-/m0/s1. The molecule has 0 radical (unpaired) electrons. The fourth-order valence-electron chi connectivity index (χ4n) is 4.65. The van der Waals surface area contributed by atoms with Crippen LogP contribution in [0.5, 0.6) is 5.75 Å². The number of aliphatic hydroxyl groups excluding tert-OH is 2. The zero-order valence-electron chi connectivity index (χ0n) is 27.2. The van der Waals surface area contributed by atoms with Gasteiger partial charge in [-0.05, 0) is 88.3 Å². The fourth-order valence-corrected chi connectivity index (χ4v) is 5.66. The quantitative estimate of drug-likeness (QED) is 0.195. The molecule has 0 unspecified atom stereocenters. The van der Waals surface area contributed by atoms with Crippen LogP contribution in [-0.4, -0.2) is 72.7 Å². The Balaban J connectivity index is 1.70. The van der Waals surface area contributed by atoms with E-state index in [-0.39, 0.29) is 42.7 Å². The summed E-state index contributed by atoms with van der Waals surface area (Å²) >= 11 is 0. The number of nitrogens with one attached hydrogen (secondary N) is 1. The molecule has 0 saturated carbocycles. The number of rotatable bonds is 15. The van der Waals surface area contributed by atoms with E-state index >= 15 is 0 Å². The van der Waals surface area contributed by atoms with Gasteiger partial charge in [0.2, 0.25) is 10.0 Å². The lowest BCUT2D eigenvalue weighted by molar-refractivity contribution is 0.0142. The summed E-state index contributed by atoms with van der Waals surface area (Å²) in [4.78, 5) is 27.3. The highest BCUT2D eigenvalue weighted by molar-refractivity contribution is 7.90. The highest BCUT2D eigenvalue weighted by Crippen LogP contribution is 2.29. The van der Waals surface area contributed by atoms with Gasteiger partial charge in [-0.2, -0.15) is 0 Å². The van der Waals surface area contributed by atoms with Crippen LogP contribution >= 0.6 is 0 Å². The third-order valence-electron chi connectivity index (χ3n) is 6.82. The molecule has 3 aromatic carbocycles. The lowest BCUT2D eigenvalue weighted by Crippen LogP contribution is -2.40. The smallest absolute Gasteiger partial charge is 0.410 e. The van der Waals surface area contributed by atoms with E-state index in [0.717, 1.165) is 22.3 Å². The molecule has 2 amide bonds. The van der Waals surface area contributed by atoms with E-state index in [2.05, 4.69) is 0 Å². The maximum Gasteiger partial charge on any atom is 0.410 e. The molecule has 1 atom stereocenters. The number of amides is 2. The monoisotopic (exact) mass is 654 g/mol. The molecule has 0 saturated heterocycles. The summed E-state index contributed by atoms with van der Waals surface area (Å²) < 4.78 is 37.9. The van der Waals surface area contributed by atoms with Crippen LogP contribution in [0.4, 0.5) is 4.79 Å². The van der Waals surface area contributed by atoms with Crippen molar-refractivity contribution >= 4 is 22.0 Å². The number of benzene rings is 3. The minimum Gasteiger partial charge on any atom is -0.490 e. The first-order chi connectivity index (χ1) is 21.7. The van der Waals surface area contributed by atoms with Gasteiger partial charge in [-0.3, -0.25) is 4.79 Å². The maximum atomic E-state index is 13.0. The highest BCUT2D eigenvalue weighted by Gasteiger charge is 2.25. The molecule has 250 valence electrons. The molecule has 46 heavy (non-hydrogen) atoms. The van der Waals surface area contributed by atoms with E-state index in [1.807, 2.05) is 93.9 Å². The molecular formula is C35H46N2O8S. The molecule has 10 nitrogen and oxygen atoms in total. The van der Waals surface area contributed by atoms with Crippen molar-refractivity contribution in [3.05, 3.63) is 89.5 Å². The summed E-state index contributed by atoms with van der Waals surface area (Å²) in [6.07, 6.45) is -0.219. The molecule has 11 heteroatoms. The summed E-state index contributed by atoms with van der Waals surface area (Å²) in [5.74, 6) is -0.909. The van der Waals surface area contributed by atoms with Gasteiger partial charge in [-0.1, -0.05) is 60.7 Å². The predicted molar refractivity (Wildman–Crippen MR) is 178 cm³/mol. The molecule has 0 bridgehead atoms. The first-order valence-corrected chi connectivity index (χ1v) is 17.1. The van der Waals surface area contributed by atoms with Crippen molar-refractivity contribution < 1.29 is 37.7 Å². The zero-order chi connectivity index (χ0) is 33.9. The van der Waals surface area contributed by atoms with E-state index in [4.69, 9.17) is 14.6 Å². The Kier molecular flexibility index (Phi) is 13.2. The van der Waals surface area contributed by atoms with Gasteiger partial charge >= 0.3 is 6.09 Å². The van der Waals surface area contributed by atoms with E-state index < -0.39 is 33.7 Å². The van der Waals surface area contributed by atoms with Crippen LogP contribution in [0, 0.1) is 0 Å². The number of hydrogen-bond acceptors (Lipinski definition) is 8. The Bertz CT molecular complexity index is 1540. The van der Waals surface area contributed by atoms with E-state index in [1.54, 1.807) is 17.0 Å². The Morgan fingerprint density at radius 1 is 0.935 bits per heavy atom. The van der Waals surface area contributed by atoms with Gasteiger partial charge < -0.3 is 24.6 Å². The van der Waals surface area contributed by atoms with Crippen molar-refractivity contribution in [1.82, 2.24) is 9.62 Å². The molecule has 0 aliphatic rings. The number of aryl methyl sites for hydroxylation is 1. The van der Waals surface area contributed by atoms with Gasteiger partial charge in [0.1, 0.15) is 11.4 Å². The number of carbonyl (C=O) groups is 2. The molecule has 0 heterocycles. The zero-order valence-corrected chi connectivity index (χ0v) is 28.0. The minimum atomic E-state index is -3.90. The molecule has 0 aromatic heterocycles. The van der Waals surface area contributed by atoms with Crippen molar-refractivity contribution in [3.63, 3.8) is 0 Å². The van der Waals surface area contributed by atoms with E-state index in [1.165, 1.54) is 6.07 Å². The summed E-state index contributed by atoms with van der Waals surface area (Å²) in [6, 6.07) is 22.1. The molecule has 3 aromatic rings. The molecule has 0 spiro atoms. The summed E-state index contributed by atoms with van der Waals surface area (Å²) in [6.45, 7) is 9.27. The molecule has 0 aliphatic carbocycles. The first-order valence-electron chi connectivity index (χ1n) is 15.4. The second-order valence-electron chi connectivity index (χ2n) is 12.4. The van der Waals surface area contributed by atoms with Crippen molar-refractivity contribution in [1.29, 1.82) is 0 Å². The SMILES string of the molecule is CC(C)Oc1cc(-c2ccc(CCCN(C[C@H](O)c3ccccc3)C(=O)OC(C)(C)C)cc2)ccc1C(=O)NS(=O)(=O)CCCO. The normalized spacial score (nSPS) is 12.4. The topological polar surface area (TPSA) is 142 Å². The second kappa shape index (κ2) is 16.6. The van der Waals surface area contributed by atoms with Crippen LogP contribution < -0.4 is 9.46 Å². The predicted octanol–water partition coefficient (Wildman–Crippen LogP) is 5.49. The minimum absolute atomic E-state index is 0.0201. The van der Waals surface area contributed by atoms with Gasteiger partial charge in [0, 0.05) is 13.2 Å². The molecule has 0 fully saturated rings. The van der Waals surface area contributed by atoms with Crippen LogP contribution in [0.15, 0.2) is 72.8 Å². The molecule has 3 rings (SSSR count). The number of hydrogen-bond donors (Lipinski definition) is 3. The largest absolute Gasteiger partial charge is 0.490 e. The number of sulfonamides is 1. The van der Waals surface area contributed by atoms with Gasteiger partial charge in [-0.25, -0.2) is 17.9 Å². The molecule has 3 N–H and O–H groups in total. The van der Waals surface area contributed by atoms with Crippen LogP contribution in [0.25, 0.3) is 11.1 Å². The van der Waals surface area contributed by atoms with Crippen molar-refractivity contribution in [2.24, 2.45) is 0 Å². The lowest BCUT2D eigenvalue weighted by atomic mass is 10.00. The van der Waals surface area contributed by atoms with Crippen LogP contribution in [0.2, 0.25) is 0 Å². The fraction of sp³-hybridized carbons (Fsp3) is 0.429. The number of carbonyl (C=O) groups excluding carboxylic acids is 2. The van der Waals surface area contributed by atoms with Gasteiger partial charge in [-0.15, -0.1) is 0 Å². The third-order valence-corrected chi connectivity index (χ3v) is 8.14. The van der Waals surface area contributed by atoms with Crippen molar-refractivity contribution in [2.45, 2.75) is 71.7 Å². The highest BCUT2D eigenvalue weighted by atomic mass is 32.2. The maximum absolute atomic E-state index is 13.0. The Labute approximate surface area is 272 Å². The van der Waals surface area contributed by atoms with Gasteiger partial charge in [0.25, 0.3) is 5.91 Å². The average molecular weight is 655 g/mol. The first kappa shape index (κ1) is 36.5. The van der Waals surface area contributed by atoms with Crippen molar-refractivity contribution in [2.75, 3.05) is 25.4 Å². The Morgan fingerprint density at radius 3 is 2.20 bits per heavy atom. The average Bonchev–Trinajstić information content (AvgIpc) is 2.98. The number of ether oxygens (including phenoxy) is 2. The summed E-state index contributed by atoms with van der Waals surface area (Å²) in [7, 11) is -3.90. The second-order valence-corrected chi connectivity index (χ2v) is 14.2. The summed E-state index contributed by atoms with van der Waals surface area (Å²) in [5, 5.41) is 19.7. The Morgan fingerprint density at radius 2 is 1.59 bits per heavy atom. The Hall–Kier alpha value is -3.93. The summed E-state index contributed by atoms with van der Waals surface area (Å²) in [5.41, 5.74) is 2.87. The third kappa shape index (κ3) is 11.8. The molecule has 0 aliphatic heterocycles. The lowest BCUT2D eigenvalue weighted by Gasteiger charge is -2.29.